The molecule has 0 aromatic heterocycles. The second kappa shape index (κ2) is 20.3. The van der Waals surface area contributed by atoms with E-state index in [4.69, 9.17) is 14.2 Å². The number of esters is 1. The van der Waals surface area contributed by atoms with Gasteiger partial charge in [0.2, 0.25) is 10.0 Å². The Morgan fingerprint density at radius 1 is 0.872 bits per heavy atom. The molecule has 2 aromatic carbocycles. The molecular weight excluding hydrogens is 641 g/mol. The van der Waals surface area contributed by atoms with E-state index in [0.29, 0.717) is 31.0 Å². The third-order valence-corrected chi connectivity index (χ3v) is 11.1. The van der Waals surface area contributed by atoms with E-state index >= 15 is 0 Å². The normalized spacial score (nSPS) is 15.4. The molecule has 1 atom stereocenters. The molecule has 0 radical (unpaired) electrons. The third-order valence-electron chi connectivity index (χ3n) is 8.09. The first-order valence-electron chi connectivity index (χ1n) is 16.8. The lowest BCUT2D eigenvalue weighted by molar-refractivity contribution is -0.144. The van der Waals surface area contributed by atoms with E-state index < -0.39 is 31.9 Å². The molecule has 2 aromatic rings. The molecular formula is C35H52N2O8S2. The number of rotatable bonds is 22. The van der Waals surface area contributed by atoms with Crippen molar-refractivity contribution in [3.05, 3.63) is 60.2 Å². The highest BCUT2D eigenvalue weighted by atomic mass is 32.2. The van der Waals surface area contributed by atoms with E-state index in [2.05, 4.69) is 11.6 Å². The molecule has 0 aliphatic carbocycles. The first-order chi connectivity index (χ1) is 22.6. The molecule has 0 spiro atoms. The quantitative estimate of drug-likeness (QED) is 0.0929. The van der Waals surface area contributed by atoms with Crippen LogP contribution in [0, 0.1) is 0 Å². The van der Waals surface area contributed by atoms with Crippen LogP contribution in [0.1, 0.15) is 76.7 Å². The van der Waals surface area contributed by atoms with Crippen molar-refractivity contribution >= 4 is 37.6 Å². The Balaban J connectivity index is 1.51. The average Bonchev–Trinajstić information content (AvgIpc) is 3.06. The van der Waals surface area contributed by atoms with Gasteiger partial charge in [-0.1, -0.05) is 76.8 Å². The standard InChI is InChI=1S/C35H52N2O8S2/c1-3-4-5-6-7-8-9-10-11-12-25-47(41,42)36-28-34(45-35(38)22-15-30-13-18-32(43-2)19-14-30)29-44-33-20-16-31(17-21-33)37-23-26-46(39,40)27-24-37/h13-22,34,36H,3-12,23-29H2,1-2H3/b22-15+. The van der Waals surface area contributed by atoms with E-state index in [1.54, 1.807) is 49.6 Å². The Hall–Kier alpha value is -3.09. The van der Waals surface area contributed by atoms with Crippen molar-refractivity contribution in [1.29, 1.82) is 0 Å². The van der Waals surface area contributed by atoms with Crippen molar-refractivity contribution in [3.8, 4) is 11.5 Å². The van der Waals surface area contributed by atoms with E-state index in [1.165, 1.54) is 44.6 Å². The summed E-state index contributed by atoms with van der Waals surface area (Å²) in [5, 5.41) is 0. The molecule has 1 fully saturated rings. The van der Waals surface area contributed by atoms with Crippen molar-refractivity contribution in [3.63, 3.8) is 0 Å². The Labute approximate surface area is 281 Å². The zero-order valence-electron chi connectivity index (χ0n) is 27.9. The number of anilines is 1. The van der Waals surface area contributed by atoms with Crippen LogP contribution in [-0.4, -0.2) is 79.5 Å². The van der Waals surface area contributed by atoms with Gasteiger partial charge in [-0.3, -0.25) is 0 Å². The Kier molecular flexibility index (Phi) is 16.6. The van der Waals surface area contributed by atoms with Crippen LogP contribution < -0.4 is 19.1 Å². The van der Waals surface area contributed by atoms with E-state index in [0.717, 1.165) is 30.5 Å². The lowest BCUT2D eigenvalue weighted by Gasteiger charge is -2.28. The number of sulfonamides is 1. The van der Waals surface area contributed by atoms with Crippen molar-refractivity contribution < 1.29 is 35.8 Å². The number of benzene rings is 2. The highest BCUT2D eigenvalue weighted by Crippen LogP contribution is 2.22. The molecule has 3 rings (SSSR count). The summed E-state index contributed by atoms with van der Waals surface area (Å²) >= 11 is 0. The topological polar surface area (TPSA) is 128 Å². The molecule has 47 heavy (non-hydrogen) atoms. The summed E-state index contributed by atoms with van der Waals surface area (Å²) < 4.78 is 68.3. The van der Waals surface area contributed by atoms with Crippen LogP contribution in [-0.2, 0) is 29.4 Å². The van der Waals surface area contributed by atoms with Crippen LogP contribution in [0.15, 0.2) is 54.6 Å². The van der Waals surface area contributed by atoms with Gasteiger partial charge in [0.1, 0.15) is 24.2 Å². The SMILES string of the molecule is CCCCCCCCCCCCS(=O)(=O)NCC(COc1ccc(N2CCS(=O)(=O)CC2)cc1)OC(=O)/C=C/c1ccc(OC)cc1. The van der Waals surface area contributed by atoms with Gasteiger partial charge in [0, 0.05) is 24.9 Å². The first kappa shape index (κ1) is 38.4. The van der Waals surface area contributed by atoms with Crippen LogP contribution in [0.5, 0.6) is 11.5 Å². The van der Waals surface area contributed by atoms with E-state index in [9.17, 15) is 21.6 Å². The van der Waals surface area contributed by atoms with Gasteiger partial charge in [0.15, 0.2) is 9.84 Å². The Morgan fingerprint density at radius 3 is 2.04 bits per heavy atom. The highest BCUT2D eigenvalue weighted by molar-refractivity contribution is 7.91. The molecule has 1 saturated heterocycles. The number of hydrogen-bond acceptors (Lipinski definition) is 9. The van der Waals surface area contributed by atoms with Crippen LogP contribution in [0.2, 0.25) is 0 Å². The smallest absolute Gasteiger partial charge is 0.331 e. The zero-order valence-corrected chi connectivity index (χ0v) is 29.5. The Bertz CT molecular complexity index is 1430. The number of unbranched alkanes of at least 4 members (excludes halogenated alkanes) is 9. The largest absolute Gasteiger partial charge is 0.497 e. The van der Waals surface area contributed by atoms with Crippen LogP contribution >= 0.6 is 0 Å². The summed E-state index contributed by atoms with van der Waals surface area (Å²) in [6, 6.07) is 14.4. The van der Waals surface area contributed by atoms with Crippen molar-refractivity contribution in [1.82, 2.24) is 4.72 Å². The predicted molar refractivity (Wildman–Crippen MR) is 188 cm³/mol. The molecule has 1 unspecified atom stereocenters. The van der Waals surface area contributed by atoms with Gasteiger partial charge >= 0.3 is 5.97 Å². The molecule has 1 heterocycles. The second-order valence-electron chi connectivity index (χ2n) is 12.0. The molecule has 1 N–H and O–H groups in total. The molecule has 1 aliphatic rings. The number of methoxy groups -OCH3 is 1. The molecule has 10 nitrogen and oxygen atoms in total. The van der Waals surface area contributed by atoms with Gasteiger partial charge < -0.3 is 19.1 Å². The monoisotopic (exact) mass is 692 g/mol. The number of hydrogen-bond donors (Lipinski definition) is 1. The molecule has 262 valence electrons. The van der Waals surface area contributed by atoms with Crippen LogP contribution in [0.3, 0.4) is 0 Å². The maximum absolute atomic E-state index is 12.8. The fourth-order valence-corrected chi connectivity index (χ4v) is 7.57. The highest BCUT2D eigenvalue weighted by Gasteiger charge is 2.22. The molecule has 12 heteroatoms. The van der Waals surface area contributed by atoms with Crippen molar-refractivity contribution in [2.45, 2.75) is 77.2 Å². The number of sulfone groups is 1. The molecule has 0 bridgehead atoms. The van der Waals surface area contributed by atoms with Gasteiger partial charge in [-0.2, -0.15) is 0 Å². The average molecular weight is 693 g/mol. The van der Waals surface area contributed by atoms with Gasteiger partial charge in [-0.15, -0.1) is 0 Å². The summed E-state index contributed by atoms with van der Waals surface area (Å²) in [4.78, 5) is 14.7. The summed E-state index contributed by atoms with van der Waals surface area (Å²) in [5.74, 6) is 0.853. The summed E-state index contributed by atoms with van der Waals surface area (Å²) in [5.41, 5.74) is 1.66. The lowest BCUT2D eigenvalue weighted by Crippen LogP contribution is -2.40. The Morgan fingerprint density at radius 2 is 1.45 bits per heavy atom. The third kappa shape index (κ3) is 15.6. The van der Waals surface area contributed by atoms with E-state index in [1.807, 2.05) is 17.0 Å². The van der Waals surface area contributed by atoms with Gasteiger partial charge in [0.25, 0.3) is 0 Å². The van der Waals surface area contributed by atoms with Gasteiger partial charge in [0.05, 0.1) is 30.9 Å². The number of carbonyl (C=O) groups excluding carboxylic acids is 1. The van der Waals surface area contributed by atoms with Crippen LogP contribution in [0.25, 0.3) is 6.08 Å². The predicted octanol–water partition coefficient (Wildman–Crippen LogP) is 5.77. The summed E-state index contributed by atoms with van der Waals surface area (Å²) in [6.07, 6.45) is 13.1. The van der Waals surface area contributed by atoms with Crippen molar-refractivity contribution in [2.75, 3.05) is 55.5 Å². The minimum absolute atomic E-state index is 0.0155. The van der Waals surface area contributed by atoms with Gasteiger partial charge in [-0.05, 0) is 54.5 Å². The number of nitrogens with one attached hydrogen (secondary N) is 1. The fraction of sp³-hybridized carbons (Fsp3) is 0.571. The summed E-state index contributed by atoms with van der Waals surface area (Å²) in [7, 11) is -4.97. The maximum Gasteiger partial charge on any atom is 0.331 e. The number of nitrogens with zero attached hydrogens (tertiary/aromatic N) is 1. The lowest BCUT2D eigenvalue weighted by atomic mass is 10.1. The maximum atomic E-state index is 12.8. The second-order valence-corrected chi connectivity index (χ2v) is 16.2. The first-order valence-corrected chi connectivity index (χ1v) is 20.2. The number of ether oxygens (including phenoxy) is 3. The van der Waals surface area contributed by atoms with Gasteiger partial charge in [-0.25, -0.2) is 26.4 Å². The minimum Gasteiger partial charge on any atom is -0.497 e. The minimum atomic E-state index is -3.57. The fourth-order valence-electron chi connectivity index (χ4n) is 5.20. The van der Waals surface area contributed by atoms with Crippen molar-refractivity contribution in [2.24, 2.45) is 0 Å². The number of carbonyl (C=O) groups is 1. The summed E-state index contributed by atoms with van der Waals surface area (Å²) in [6.45, 7) is 2.89. The molecule has 0 amide bonds. The molecule has 1 aliphatic heterocycles. The van der Waals surface area contributed by atoms with E-state index in [-0.39, 0.29) is 30.4 Å². The zero-order chi connectivity index (χ0) is 34.0. The molecule has 0 saturated carbocycles. The van der Waals surface area contributed by atoms with Crippen LogP contribution in [0.4, 0.5) is 5.69 Å².